The number of hydrogen-bond donors (Lipinski definition) is 0. The Balaban J connectivity index is 2.52. The van der Waals surface area contributed by atoms with Gasteiger partial charge in [-0.15, -0.1) is 0 Å². The predicted octanol–water partition coefficient (Wildman–Crippen LogP) is 3.75. The molecule has 0 spiro atoms. The van der Waals surface area contributed by atoms with E-state index in [1.165, 1.54) is 6.07 Å². The van der Waals surface area contributed by atoms with Gasteiger partial charge in [0.2, 0.25) is 0 Å². The van der Waals surface area contributed by atoms with Crippen molar-refractivity contribution in [1.29, 1.82) is 0 Å². The van der Waals surface area contributed by atoms with Crippen LogP contribution in [-0.2, 0) is 6.42 Å². The summed E-state index contributed by atoms with van der Waals surface area (Å²) in [6.07, 6.45) is 0.677. The molecule has 0 aliphatic carbocycles. The lowest BCUT2D eigenvalue weighted by molar-refractivity contribution is 0.509. The Labute approximate surface area is 106 Å². The lowest BCUT2D eigenvalue weighted by atomic mass is 10.1. The zero-order chi connectivity index (χ0) is 12.4. The number of hydrogen-bond acceptors (Lipinski definition) is 2. The fraction of sp³-hybridized carbons (Fsp3) is 0.167. The molecule has 0 N–H and O–H groups in total. The van der Waals surface area contributed by atoms with Crippen LogP contribution in [0.2, 0.25) is 0 Å². The molecule has 1 aromatic carbocycles. The van der Waals surface area contributed by atoms with Crippen LogP contribution >= 0.6 is 15.9 Å². The molecule has 2 nitrogen and oxygen atoms in total. The van der Waals surface area contributed by atoms with Gasteiger partial charge in [0.25, 0.3) is 0 Å². The second-order valence-corrected chi connectivity index (χ2v) is 4.29. The highest BCUT2D eigenvalue weighted by molar-refractivity contribution is 9.10. The Morgan fingerprint density at radius 2 is 1.88 bits per heavy atom. The Morgan fingerprint density at radius 3 is 2.53 bits per heavy atom. The average Bonchev–Trinajstić information content (AvgIpc) is 2.32. The SMILES string of the molecule is CCc1nc(Br)cc(-c2ccc(F)c(F)c2)n1. The molecule has 17 heavy (non-hydrogen) atoms. The first kappa shape index (κ1) is 12.1. The normalized spacial score (nSPS) is 10.6. The van der Waals surface area contributed by atoms with Crippen molar-refractivity contribution >= 4 is 15.9 Å². The van der Waals surface area contributed by atoms with Crippen LogP contribution in [0, 0.1) is 11.6 Å². The second-order valence-electron chi connectivity index (χ2n) is 3.47. The van der Waals surface area contributed by atoms with Crippen LogP contribution in [0.15, 0.2) is 28.9 Å². The maximum Gasteiger partial charge on any atom is 0.159 e. The van der Waals surface area contributed by atoms with E-state index in [1.54, 1.807) is 6.07 Å². The summed E-state index contributed by atoms with van der Waals surface area (Å²) in [6.45, 7) is 1.93. The molecule has 0 amide bonds. The summed E-state index contributed by atoms with van der Waals surface area (Å²) in [5.41, 5.74) is 1.10. The summed E-state index contributed by atoms with van der Waals surface area (Å²) in [5, 5.41) is 0. The van der Waals surface area contributed by atoms with Gasteiger partial charge in [0, 0.05) is 12.0 Å². The van der Waals surface area contributed by atoms with Crippen LogP contribution in [0.1, 0.15) is 12.7 Å². The smallest absolute Gasteiger partial charge is 0.159 e. The molecule has 0 fully saturated rings. The fourth-order valence-corrected chi connectivity index (χ4v) is 1.85. The molecule has 5 heteroatoms. The largest absolute Gasteiger partial charge is 0.233 e. The Hall–Kier alpha value is -1.36. The van der Waals surface area contributed by atoms with Crippen molar-refractivity contribution in [2.75, 3.05) is 0 Å². The first-order valence-electron chi connectivity index (χ1n) is 5.09. The molecule has 0 aliphatic heterocycles. The first-order chi connectivity index (χ1) is 8.10. The minimum atomic E-state index is -0.879. The molecule has 0 saturated carbocycles. The van der Waals surface area contributed by atoms with E-state index in [4.69, 9.17) is 0 Å². The van der Waals surface area contributed by atoms with Crippen LogP contribution in [0.4, 0.5) is 8.78 Å². The molecule has 88 valence electrons. The highest BCUT2D eigenvalue weighted by Gasteiger charge is 2.08. The van der Waals surface area contributed by atoms with Gasteiger partial charge in [-0.2, -0.15) is 0 Å². The van der Waals surface area contributed by atoms with Gasteiger partial charge in [0.15, 0.2) is 11.6 Å². The van der Waals surface area contributed by atoms with E-state index in [2.05, 4.69) is 25.9 Å². The molecule has 1 heterocycles. The standard InChI is InChI=1S/C12H9BrF2N2/c1-2-12-16-10(6-11(13)17-12)7-3-4-8(14)9(15)5-7/h3-6H,2H2,1H3. The summed E-state index contributed by atoms with van der Waals surface area (Å²) in [5.74, 6) is -1.09. The van der Waals surface area contributed by atoms with Gasteiger partial charge in [-0.1, -0.05) is 6.92 Å². The predicted molar refractivity (Wildman–Crippen MR) is 64.5 cm³/mol. The molecule has 0 atom stereocenters. The molecule has 0 aliphatic rings. The number of rotatable bonds is 2. The molecule has 0 bridgehead atoms. The van der Waals surface area contributed by atoms with Crippen molar-refractivity contribution in [3.63, 3.8) is 0 Å². The van der Waals surface area contributed by atoms with Gasteiger partial charge in [0.1, 0.15) is 10.4 Å². The van der Waals surface area contributed by atoms with Crippen molar-refractivity contribution < 1.29 is 8.78 Å². The van der Waals surface area contributed by atoms with Gasteiger partial charge >= 0.3 is 0 Å². The van der Waals surface area contributed by atoms with E-state index in [9.17, 15) is 8.78 Å². The number of aryl methyl sites for hydroxylation is 1. The maximum absolute atomic E-state index is 13.1. The van der Waals surface area contributed by atoms with Crippen molar-refractivity contribution in [2.45, 2.75) is 13.3 Å². The third-order valence-corrected chi connectivity index (χ3v) is 2.68. The van der Waals surface area contributed by atoms with Crippen LogP contribution in [0.25, 0.3) is 11.3 Å². The first-order valence-corrected chi connectivity index (χ1v) is 5.88. The Kier molecular flexibility index (Phi) is 3.47. The number of halogens is 3. The third kappa shape index (κ3) is 2.66. The minimum absolute atomic E-state index is 0.529. The molecule has 2 rings (SSSR count). The van der Waals surface area contributed by atoms with E-state index in [-0.39, 0.29) is 0 Å². The topological polar surface area (TPSA) is 25.8 Å². The highest BCUT2D eigenvalue weighted by atomic mass is 79.9. The fourth-order valence-electron chi connectivity index (χ4n) is 1.43. The van der Waals surface area contributed by atoms with E-state index in [0.717, 1.165) is 12.1 Å². The number of benzene rings is 1. The monoisotopic (exact) mass is 298 g/mol. The molecule has 2 aromatic rings. The molecule has 1 aromatic heterocycles. The van der Waals surface area contributed by atoms with Crippen LogP contribution < -0.4 is 0 Å². The van der Waals surface area contributed by atoms with E-state index < -0.39 is 11.6 Å². The van der Waals surface area contributed by atoms with E-state index in [1.807, 2.05) is 6.92 Å². The average molecular weight is 299 g/mol. The molecule has 0 saturated heterocycles. The van der Waals surface area contributed by atoms with Crippen molar-refractivity contribution in [3.8, 4) is 11.3 Å². The lowest BCUT2D eigenvalue weighted by Gasteiger charge is -2.04. The summed E-state index contributed by atoms with van der Waals surface area (Å²) in [7, 11) is 0. The second kappa shape index (κ2) is 4.87. The van der Waals surface area contributed by atoms with Gasteiger partial charge in [0.05, 0.1) is 5.69 Å². The Bertz CT molecular complexity index is 558. The summed E-state index contributed by atoms with van der Waals surface area (Å²) in [4.78, 5) is 8.42. The molecular weight excluding hydrogens is 290 g/mol. The Morgan fingerprint density at radius 1 is 1.12 bits per heavy atom. The van der Waals surface area contributed by atoms with Crippen molar-refractivity contribution in [1.82, 2.24) is 9.97 Å². The van der Waals surface area contributed by atoms with E-state index >= 15 is 0 Å². The van der Waals surface area contributed by atoms with Crippen LogP contribution in [0.3, 0.4) is 0 Å². The van der Waals surface area contributed by atoms with Crippen molar-refractivity contribution in [3.05, 3.63) is 46.3 Å². The van der Waals surface area contributed by atoms with Gasteiger partial charge < -0.3 is 0 Å². The number of aromatic nitrogens is 2. The van der Waals surface area contributed by atoms with E-state index in [0.29, 0.717) is 28.1 Å². The molecular formula is C12H9BrF2N2. The quantitative estimate of drug-likeness (QED) is 0.789. The molecule has 0 unspecified atom stereocenters. The highest BCUT2D eigenvalue weighted by Crippen LogP contribution is 2.22. The summed E-state index contributed by atoms with van der Waals surface area (Å²) >= 11 is 3.27. The summed E-state index contributed by atoms with van der Waals surface area (Å²) < 4.78 is 26.6. The minimum Gasteiger partial charge on any atom is -0.233 e. The number of nitrogens with zero attached hydrogens (tertiary/aromatic N) is 2. The van der Waals surface area contributed by atoms with Crippen LogP contribution in [0.5, 0.6) is 0 Å². The third-order valence-electron chi connectivity index (χ3n) is 2.27. The van der Waals surface area contributed by atoms with Crippen molar-refractivity contribution in [2.24, 2.45) is 0 Å². The lowest BCUT2D eigenvalue weighted by Crippen LogP contribution is -1.96. The molecule has 0 radical (unpaired) electrons. The van der Waals surface area contributed by atoms with Gasteiger partial charge in [-0.3, -0.25) is 0 Å². The zero-order valence-electron chi connectivity index (χ0n) is 9.04. The van der Waals surface area contributed by atoms with Gasteiger partial charge in [-0.25, -0.2) is 18.7 Å². The van der Waals surface area contributed by atoms with Gasteiger partial charge in [-0.05, 0) is 40.2 Å². The van der Waals surface area contributed by atoms with Crippen LogP contribution in [-0.4, -0.2) is 9.97 Å². The zero-order valence-corrected chi connectivity index (χ0v) is 10.6. The summed E-state index contributed by atoms with van der Waals surface area (Å²) in [6, 6.07) is 5.38. The maximum atomic E-state index is 13.1.